The van der Waals surface area contributed by atoms with Crippen molar-refractivity contribution in [2.75, 3.05) is 19.6 Å². The fraction of sp³-hybridized carbons (Fsp3) is 0.933. The molecule has 0 aromatic carbocycles. The van der Waals surface area contributed by atoms with Gasteiger partial charge in [-0.2, -0.15) is 0 Å². The average molecular weight is 342 g/mol. The minimum absolute atomic E-state index is 0. The summed E-state index contributed by atoms with van der Waals surface area (Å²) >= 11 is 0. The minimum atomic E-state index is -0.434. The second kappa shape index (κ2) is 10.7. The van der Waals surface area contributed by atoms with Crippen molar-refractivity contribution in [1.82, 2.24) is 10.2 Å². The molecular weight excluding hydrogens is 309 g/mol. The summed E-state index contributed by atoms with van der Waals surface area (Å²) in [6.07, 6.45) is 5.13. The van der Waals surface area contributed by atoms with Crippen LogP contribution < -0.4 is 11.1 Å². The molecule has 1 saturated heterocycles. The fourth-order valence-electron chi connectivity index (χ4n) is 2.64. The van der Waals surface area contributed by atoms with Crippen LogP contribution in [0.1, 0.15) is 53.4 Å². The molecule has 0 aromatic heterocycles. The van der Waals surface area contributed by atoms with Gasteiger partial charge in [0.2, 0.25) is 5.91 Å². The number of nitrogens with zero attached hydrogens (tertiary/aromatic N) is 1. The van der Waals surface area contributed by atoms with Crippen LogP contribution in [0.5, 0.6) is 0 Å². The van der Waals surface area contributed by atoms with Gasteiger partial charge in [0, 0.05) is 19.1 Å². The van der Waals surface area contributed by atoms with Gasteiger partial charge < -0.3 is 11.1 Å². The molecule has 0 bridgehead atoms. The third-order valence-electron chi connectivity index (χ3n) is 4.13. The summed E-state index contributed by atoms with van der Waals surface area (Å²) in [6.45, 7) is 11.1. The number of halogens is 2. The lowest BCUT2D eigenvalue weighted by atomic mass is 9.87. The summed E-state index contributed by atoms with van der Waals surface area (Å²) in [6, 6.07) is 0.262. The maximum atomic E-state index is 11.9. The predicted octanol–water partition coefficient (Wildman–Crippen LogP) is 2.58. The van der Waals surface area contributed by atoms with Crippen LogP contribution in [0.2, 0.25) is 0 Å². The Balaban J connectivity index is 0. The number of carbonyl (C=O) groups is 1. The van der Waals surface area contributed by atoms with E-state index >= 15 is 0 Å². The molecule has 6 heteroatoms. The molecular formula is C15H33Cl2N3O. The maximum Gasteiger partial charge on any atom is 0.237 e. The first-order valence-electron chi connectivity index (χ1n) is 7.63. The molecule has 1 aliphatic heterocycles. The number of piperidine rings is 1. The van der Waals surface area contributed by atoms with Crippen LogP contribution in [0.15, 0.2) is 0 Å². The molecule has 1 aliphatic rings. The highest BCUT2D eigenvalue weighted by Gasteiger charge is 2.27. The number of hydrogen-bond donors (Lipinski definition) is 2. The Morgan fingerprint density at radius 3 is 2.48 bits per heavy atom. The first kappa shape index (κ1) is 23.2. The molecule has 0 radical (unpaired) electrons. The SMILES string of the molecule is CCC1CCCCN1CCNC(=O)[C@@H](N)C(C)(C)C.Cl.Cl. The summed E-state index contributed by atoms with van der Waals surface area (Å²) in [7, 11) is 0. The van der Waals surface area contributed by atoms with E-state index < -0.39 is 6.04 Å². The molecule has 4 nitrogen and oxygen atoms in total. The number of carbonyl (C=O) groups excluding carboxylic acids is 1. The van der Waals surface area contributed by atoms with E-state index in [1.165, 1.54) is 32.2 Å². The van der Waals surface area contributed by atoms with Gasteiger partial charge in [-0.3, -0.25) is 9.69 Å². The van der Waals surface area contributed by atoms with Crippen LogP contribution in [-0.2, 0) is 4.79 Å². The number of rotatable bonds is 5. The Morgan fingerprint density at radius 2 is 1.95 bits per heavy atom. The Hall–Kier alpha value is -0.0300. The highest BCUT2D eigenvalue weighted by atomic mass is 35.5. The quantitative estimate of drug-likeness (QED) is 0.807. The lowest BCUT2D eigenvalue weighted by Crippen LogP contribution is -2.51. The van der Waals surface area contributed by atoms with E-state index in [2.05, 4.69) is 17.1 Å². The standard InChI is InChI=1S/C15H31N3O.2ClH/c1-5-12-8-6-7-10-18(12)11-9-17-14(19)13(16)15(2,3)4;;/h12-13H,5-11,16H2,1-4H3,(H,17,19);2*1H/t12?,13-;;/m1../s1. The van der Waals surface area contributed by atoms with Gasteiger partial charge in [-0.25, -0.2) is 0 Å². The van der Waals surface area contributed by atoms with E-state index in [1.54, 1.807) is 0 Å². The van der Waals surface area contributed by atoms with Gasteiger partial charge in [0.15, 0.2) is 0 Å². The Morgan fingerprint density at radius 1 is 1.33 bits per heavy atom. The smallest absolute Gasteiger partial charge is 0.237 e. The highest BCUT2D eigenvalue weighted by molar-refractivity contribution is 5.85. The zero-order valence-electron chi connectivity index (χ0n) is 13.9. The second-order valence-electron chi connectivity index (χ2n) is 6.73. The lowest BCUT2D eigenvalue weighted by molar-refractivity contribution is -0.124. The molecule has 0 aliphatic carbocycles. The molecule has 3 N–H and O–H groups in total. The van der Waals surface area contributed by atoms with E-state index in [0.717, 1.165) is 6.54 Å². The van der Waals surface area contributed by atoms with Crippen molar-refractivity contribution in [3.8, 4) is 0 Å². The summed E-state index contributed by atoms with van der Waals surface area (Å²) in [5, 5.41) is 2.98. The van der Waals surface area contributed by atoms with Gasteiger partial charge in [0.05, 0.1) is 6.04 Å². The molecule has 128 valence electrons. The van der Waals surface area contributed by atoms with Gasteiger partial charge in [-0.1, -0.05) is 34.1 Å². The largest absolute Gasteiger partial charge is 0.353 e. The zero-order valence-corrected chi connectivity index (χ0v) is 15.5. The minimum Gasteiger partial charge on any atom is -0.353 e. The van der Waals surface area contributed by atoms with Crippen LogP contribution >= 0.6 is 24.8 Å². The molecule has 1 fully saturated rings. The van der Waals surface area contributed by atoms with E-state index in [4.69, 9.17) is 5.73 Å². The molecule has 0 aromatic rings. The van der Waals surface area contributed by atoms with Crippen LogP contribution in [0.3, 0.4) is 0 Å². The van der Waals surface area contributed by atoms with E-state index in [9.17, 15) is 4.79 Å². The van der Waals surface area contributed by atoms with Crippen molar-refractivity contribution >= 4 is 30.7 Å². The van der Waals surface area contributed by atoms with Crippen LogP contribution in [0.4, 0.5) is 0 Å². The molecule has 2 atom stereocenters. The van der Waals surface area contributed by atoms with Crippen molar-refractivity contribution in [1.29, 1.82) is 0 Å². The topological polar surface area (TPSA) is 58.4 Å². The van der Waals surface area contributed by atoms with Gasteiger partial charge in [-0.15, -0.1) is 24.8 Å². The molecule has 1 unspecified atom stereocenters. The van der Waals surface area contributed by atoms with Crippen molar-refractivity contribution in [2.45, 2.75) is 65.5 Å². The summed E-state index contributed by atoms with van der Waals surface area (Å²) < 4.78 is 0. The van der Waals surface area contributed by atoms with Crippen LogP contribution in [-0.4, -0.2) is 42.5 Å². The van der Waals surface area contributed by atoms with E-state index in [0.29, 0.717) is 12.6 Å². The molecule has 1 rings (SSSR count). The van der Waals surface area contributed by atoms with E-state index in [-0.39, 0.29) is 36.1 Å². The van der Waals surface area contributed by atoms with Gasteiger partial charge in [-0.05, 0) is 31.2 Å². The van der Waals surface area contributed by atoms with Crippen LogP contribution in [0.25, 0.3) is 0 Å². The lowest BCUT2D eigenvalue weighted by Gasteiger charge is -2.35. The van der Waals surface area contributed by atoms with Gasteiger partial charge in [0.1, 0.15) is 0 Å². The van der Waals surface area contributed by atoms with Crippen molar-refractivity contribution < 1.29 is 4.79 Å². The summed E-state index contributed by atoms with van der Waals surface area (Å²) in [4.78, 5) is 14.4. The Labute approximate surface area is 142 Å². The number of nitrogens with two attached hydrogens (primary N) is 1. The van der Waals surface area contributed by atoms with Gasteiger partial charge >= 0.3 is 0 Å². The molecule has 1 amide bonds. The van der Waals surface area contributed by atoms with Crippen LogP contribution in [0, 0.1) is 5.41 Å². The molecule has 1 heterocycles. The second-order valence-corrected chi connectivity index (χ2v) is 6.73. The number of amides is 1. The molecule has 0 spiro atoms. The predicted molar refractivity (Wildman–Crippen MR) is 94.4 cm³/mol. The zero-order chi connectivity index (χ0) is 14.5. The first-order chi connectivity index (χ1) is 8.86. The normalized spacial score (nSPS) is 20.9. The number of nitrogens with one attached hydrogen (secondary N) is 1. The monoisotopic (exact) mass is 341 g/mol. The van der Waals surface area contributed by atoms with Gasteiger partial charge in [0.25, 0.3) is 0 Å². The molecule has 21 heavy (non-hydrogen) atoms. The average Bonchev–Trinajstić information content (AvgIpc) is 2.37. The first-order valence-corrected chi connectivity index (χ1v) is 7.63. The third kappa shape index (κ3) is 7.68. The van der Waals surface area contributed by atoms with Crippen molar-refractivity contribution in [3.05, 3.63) is 0 Å². The summed E-state index contributed by atoms with van der Waals surface area (Å²) in [5.41, 5.74) is 5.76. The third-order valence-corrected chi connectivity index (χ3v) is 4.13. The maximum absolute atomic E-state index is 11.9. The highest BCUT2D eigenvalue weighted by Crippen LogP contribution is 2.19. The summed E-state index contributed by atoms with van der Waals surface area (Å²) in [5.74, 6) is -0.0300. The Bertz CT molecular complexity index is 295. The van der Waals surface area contributed by atoms with Crippen molar-refractivity contribution in [3.63, 3.8) is 0 Å². The number of hydrogen-bond acceptors (Lipinski definition) is 3. The van der Waals surface area contributed by atoms with Crippen molar-refractivity contribution in [2.24, 2.45) is 11.1 Å². The van der Waals surface area contributed by atoms with E-state index in [1.807, 2.05) is 20.8 Å². The fourth-order valence-corrected chi connectivity index (χ4v) is 2.64. The molecule has 0 saturated carbocycles. The number of likely N-dealkylation sites (tertiary alicyclic amines) is 1. The Kier molecular flexibility index (Phi) is 11.8.